The summed E-state index contributed by atoms with van der Waals surface area (Å²) in [5.74, 6) is 1.34. The molecule has 174 valence electrons. The SMILES string of the molecule is CC(=O)Nc1ccc(CN2CCC3(CC2)C[C@@H]3C(=O)NCCc2nc3ccccc3n2C)s1. The van der Waals surface area contributed by atoms with Crippen LogP contribution in [0.2, 0.25) is 0 Å². The second-order valence-corrected chi connectivity index (χ2v) is 10.6. The summed E-state index contributed by atoms with van der Waals surface area (Å²) in [4.78, 5) is 32.4. The molecule has 2 aromatic heterocycles. The Morgan fingerprint density at radius 1 is 1.18 bits per heavy atom. The number of aryl methyl sites for hydroxylation is 1. The summed E-state index contributed by atoms with van der Waals surface area (Å²) < 4.78 is 2.11. The van der Waals surface area contributed by atoms with E-state index in [9.17, 15) is 9.59 Å². The molecule has 3 heterocycles. The fourth-order valence-corrected chi connectivity index (χ4v) is 6.19. The van der Waals surface area contributed by atoms with Crippen LogP contribution in [0.5, 0.6) is 0 Å². The lowest BCUT2D eigenvalue weighted by molar-refractivity contribution is -0.123. The Morgan fingerprint density at radius 3 is 2.73 bits per heavy atom. The molecule has 1 saturated heterocycles. The molecular formula is C25H31N5O2S. The minimum Gasteiger partial charge on any atom is -0.355 e. The van der Waals surface area contributed by atoms with E-state index in [1.807, 2.05) is 31.3 Å². The fraction of sp³-hybridized carbons (Fsp3) is 0.480. The zero-order valence-electron chi connectivity index (χ0n) is 19.3. The van der Waals surface area contributed by atoms with Gasteiger partial charge in [0, 0.05) is 44.3 Å². The molecule has 2 N–H and O–H groups in total. The number of imidazole rings is 1. The number of fused-ring (bicyclic) bond motifs is 1. The number of hydrogen-bond donors (Lipinski definition) is 2. The molecule has 0 radical (unpaired) electrons. The Hall–Kier alpha value is -2.71. The largest absolute Gasteiger partial charge is 0.355 e. The second-order valence-electron chi connectivity index (χ2n) is 9.46. The maximum Gasteiger partial charge on any atom is 0.223 e. The van der Waals surface area contributed by atoms with Gasteiger partial charge in [-0.1, -0.05) is 12.1 Å². The minimum atomic E-state index is -0.0327. The number of aromatic nitrogens is 2. The highest BCUT2D eigenvalue weighted by Gasteiger charge is 2.58. The zero-order chi connectivity index (χ0) is 23.0. The second kappa shape index (κ2) is 8.91. The van der Waals surface area contributed by atoms with Crippen LogP contribution in [0, 0.1) is 11.3 Å². The van der Waals surface area contributed by atoms with Crippen molar-refractivity contribution in [2.45, 2.75) is 39.2 Å². The Morgan fingerprint density at radius 2 is 1.97 bits per heavy atom. The van der Waals surface area contributed by atoms with Crippen molar-refractivity contribution < 1.29 is 9.59 Å². The third-order valence-electron chi connectivity index (χ3n) is 7.23. The minimum absolute atomic E-state index is 0.0327. The van der Waals surface area contributed by atoms with Crippen LogP contribution in [0.4, 0.5) is 5.00 Å². The van der Waals surface area contributed by atoms with Gasteiger partial charge in [-0.2, -0.15) is 0 Å². The first-order valence-corrected chi connectivity index (χ1v) is 12.5. The highest BCUT2D eigenvalue weighted by atomic mass is 32.1. The number of para-hydroxylation sites is 2. The van der Waals surface area contributed by atoms with E-state index in [-0.39, 0.29) is 23.1 Å². The summed E-state index contributed by atoms with van der Waals surface area (Å²) in [5.41, 5.74) is 2.33. The number of nitrogens with one attached hydrogen (secondary N) is 2. The average molecular weight is 466 g/mol. The fourth-order valence-electron chi connectivity index (χ4n) is 5.19. The van der Waals surface area contributed by atoms with E-state index in [1.54, 1.807) is 11.3 Å². The Kier molecular flexibility index (Phi) is 5.97. The van der Waals surface area contributed by atoms with Crippen LogP contribution in [-0.2, 0) is 29.6 Å². The molecule has 2 amide bonds. The number of likely N-dealkylation sites (tertiary alicyclic amines) is 1. The average Bonchev–Trinajstić information content (AvgIpc) is 3.16. The normalized spacial score (nSPS) is 19.6. The molecule has 0 unspecified atom stereocenters. The standard InChI is InChI=1S/C25H31N5O2S/c1-17(31)27-23-8-7-18(33-23)16-30-13-10-25(11-14-30)15-19(25)24(32)26-12-9-22-28-20-5-3-4-6-21(20)29(22)2/h3-8,19H,9-16H2,1-2H3,(H,26,32)(H,27,31)/t19-/m1/s1. The molecule has 3 aromatic rings. The monoisotopic (exact) mass is 465 g/mol. The topological polar surface area (TPSA) is 79.3 Å². The van der Waals surface area contributed by atoms with Crippen molar-refractivity contribution in [3.05, 3.63) is 47.1 Å². The molecule has 1 aliphatic heterocycles. The highest BCUT2D eigenvalue weighted by Crippen LogP contribution is 2.59. The van der Waals surface area contributed by atoms with Crippen molar-refractivity contribution in [1.82, 2.24) is 19.8 Å². The summed E-state index contributed by atoms with van der Waals surface area (Å²) in [7, 11) is 2.03. The molecular weight excluding hydrogens is 434 g/mol. The van der Waals surface area contributed by atoms with Crippen LogP contribution in [-0.4, -0.2) is 45.9 Å². The lowest BCUT2D eigenvalue weighted by Gasteiger charge is -2.32. The lowest BCUT2D eigenvalue weighted by Crippen LogP contribution is -2.37. The van der Waals surface area contributed by atoms with Crippen LogP contribution >= 0.6 is 11.3 Å². The van der Waals surface area contributed by atoms with Gasteiger partial charge in [0.05, 0.1) is 16.0 Å². The molecule has 33 heavy (non-hydrogen) atoms. The van der Waals surface area contributed by atoms with Gasteiger partial charge in [-0.15, -0.1) is 11.3 Å². The number of piperidine rings is 1. The summed E-state index contributed by atoms with van der Waals surface area (Å²) in [6.45, 7) is 5.12. The number of carbonyl (C=O) groups is 2. The molecule has 5 rings (SSSR count). The van der Waals surface area contributed by atoms with Crippen molar-refractivity contribution in [3.63, 3.8) is 0 Å². The van der Waals surface area contributed by atoms with Crippen molar-refractivity contribution in [3.8, 4) is 0 Å². The molecule has 2 fully saturated rings. The molecule has 1 atom stereocenters. The number of nitrogens with zero attached hydrogens (tertiary/aromatic N) is 3. The van der Waals surface area contributed by atoms with Gasteiger partial charge in [-0.05, 0) is 62.0 Å². The molecule has 8 heteroatoms. The van der Waals surface area contributed by atoms with Gasteiger partial charge in [0.15, 0.2) is 0 Å². The smallest absolute Gasteiger partial charge is 0.223 e. The first kappa shape index (κ1) is 22.1. The first-order chi connectivity index (χ1) is 15.9. The number of carbonyl (C=O) groups excluding carboxylic acids is 2. The van der Waals surface area contributed by atoms with Gasteiger partial charge >= 0.3 is 0 Å². The first-order valence-electron chi connectivity index (χ1n) is 11.7. The molecule has 1 spiro atoms. The van der Waals surface area contributed by atoms with E-state index >= 15 is 0 Å². The van der Waals surface area contributed by atoms with Crippen LogP contribution in [0.15, 0.2) is 36.4 Å². The predicted molar refractivity (Wildman–Crippen MR) is 131 cm³/mol. The van der Waals surface area contributed by atoms with E-state index in [4.69, 9.17) is 4.98 Å². The van der Waals surface area contributed by atoms with Crippen molar-refractivity contribution in [1.29, 1.82) is 0 Å². The Bertz CT molecular complexity index is 1170. The van der Waals surface area contributed by atoms with Gasteiger partial charge < -0.3 is 15.2 Å². The molecule has 1 aromatic carbocycles. The van der Waals surface area contributed by atoms with Crippen LogP contribution < -0.4 is 10.6 Å². The van der Waals surface area contributed by atoms with E-state index in [2.05, 4.69) is 32.2 Å². The predicted octanol–water partition coefficient (Wildman–Crippen LogP) is 3.55. The van der Waals surface area contributed by atoms with E-state index in [0.717, 1.165) is 67.2 Å². The molecule has 0 bridgehead atoms. The summed E-state index contributed by atoms with van der Waals surface area (Å²) in [5, 5.41) is 6.92. The van der Waals surface area contributed by atoms with E-state index in [1.165, 1.54) is 11.8 Å². The summed E-state index contributed by atoms with van der Waals surface area (Å²) in [6, 6.07) is 12.2. The third kappa shape index (κ3) is 4.68. The van der Waals surface area contributed by atoms with Crippen LogP contribution in [0.1, 0.15) is 36.9 Å². The molecule has 1 saturated carbocycles. The number of thiophene rings is 1. The quantitative estimate of drug-likeness (QED) is 0.559. The van der Waals surface area contributed by atoms with Crippen molar-refractivity contribution in [2.75, 3.05) is 25.0 Å². The van der Waals surface area contributed by atoms with Crippen molar-refractivity contribution >= 4 is 39.2 Å². The highest BCUT2D eigenvalue weighted by molar-refractivity contribution is 7.16. The maximum atomic E-state index is 12.8. The van der Waals surface area contributed by atoms with Crippen LogP contribution in [0.3, 0.4) is 0 Å². The van der Waals surface area contributed by atoms with Gasteiger partial charge in [0.25, 0.3) is 0 Å². The number of rotatable bonds is 7. The Balaban J connectivity index is 1.07. The number of benzene rings is 1. The van der Waals surface area contributed by atoms with Gasteiger partial charge in [0.2, 0.25) is 11.8 Å². The summed E-state index contributed by atoms with van der Waals surface area (Å²) in [6.07, 6.45) is 3.93. The zero-order valence-corrected chi connectivity index (χ0v) is 20.1. The van der Waals surface area contributed by atoms with Gasteiger partial charge in [-0.25, -0.2) is 4.98 Å². The van der Waals surface area contributed by atoms with E-state index < -0.39 is 0 Å². The van der Waals surface area contributed by atoms with Gasteiger partial charge in [-0.3, -0.25) is 14.5 Å². The maximum absolute atomic E-state index is 12.8. The van der Waals surface area contributed by atoms with Gasteiger partial charge in [0.1, 0.15) is 5.82 Å². The van der Waals surface area contributed by atoms with E-state index in [0.29, 0.717) is 6.54 Å². The number of hydrogen-bond acceptors (Lipinski definition) is 5. The summed E-state index contributed by atoms with van der Waals surface area (Å²) >= 11 is 1.64. The van der Waals surface area contributed by atoms with Crippen LogP contribution in [0.25, 0.3) is 11.0 Å². The van der Waals surface area contributed by atoms with Crippen molar-refractivity contribution in [2.24, 2.45) is 18.4 Å². The number of amides is 2. The third-order valence-corrected chi connectivity index (χ3v) is 8.21. The molecule has 1 aliphatic carbocycles. The lowest BCUT2D eigenvalue weighted by atomic mass is 9.90. The number of anilines is 1. The Labute approximate surface area is 198 Å². The molecule has 7 nitrogen and oxygen atoms in total. The molecule has 2 aliphatic rings.